The molecule has 0 aliphatic carbocycles. The first-order chi connectivity index (χ1) is 8.20. The van der Waals surface area contributed by atoms with Crippen molar-refractivity contribution in [3.8, 4) is 11.5 Å². The molecule has 90 valence electrons. The first-order valence-corrected chi connectivity index (χ1v) is 5.74. The molecule has 5 heteroatoms. The van der Waals surface area contributed by atoms with Crippen LogP contribution in [0, 0.1) is 6.92 Å². The van der Waals surface area contributed by atoms with Gasteiger partial charge in [-0.05, 0) is 25.5 Å². The van der Waals surface area contributed by atoms with Crippen LogP contribution in [0.5, 0.6) is 0 Å². The van der Waals surface area contributed by atoms with Crippen molar-refractivity contribution in [1.29, 1.82) is 0 Å². The van der Waals surface area contributed by atoms with Gasteiger partial charge < -0.3 is 10.3 Å². The lowest BCUT2D eigenvalue weighted by atomic mass is 10.2. The third-order valence-corrected chi connectivity index (χ3v) is 2.48. The number of aryl methyl sites for hydroxylation is 1. The standard InChI is InChI=1S/C12H16N4O/c1-3-5-9(13)12-15-11(16-17-12)10-7-4-6-8(2)14-10/h4,6-7,9H,3,5,13H2,1-2H3/t9-/m1/s1. The highest BCUT2D eigenvalue weighted by Crippen LogP contribution is 2.18. The van der Waals surface area contributed by atoms with Gasteiger partial charge >= 0.3 is 0 Å². The molecule has 0 aliphatic heterocycles. The monoisotopic (exact) mass is 232 g/mol. The van der Waals surface area contributed by atoms with Gasteiger partial charge in [-0.2, -0.15) is 4.98 Å². The van der Waals surface area contributed by atoms with Crippen LogP contribution in [0.4, 0.5) is 0 Å². The van der Waals surface area contributed by atoms with E-state index in [4.69, 9.17) is 10.3 Å². The predicted molar refractivity (Wildman–Crippen MR) is 64.1 cm³/mol. The predicted octanol–water partition coefficient (Wildman–Crippen LogP) is 2.24. The zero-order valence-corrected chi connectivity index (χ0v) is 10.1. The van der Waals surface area contributed by atoms with E-state index >= 15 is 0 Å². The Kier molecular flexibility index (Phi) is 3.49. The van der Waals surface area contributed by atoms with Crippen molar-refractivity contribution in [2.24, 2.45) is 5.73 Å². The molecule has 2 aromatic rings. The summed E-state index contributed by atoms with van der Waals surface area (Å²) in [5.41, 5.74) is 7.54. The molecule has 0 aromatic carbocycles. The average Bonchev–Trinajstić information content (AvgIpc) is 2.78. The molecule has 0 spiro atoms. The second-order valence-electron chi connectivity index (χ2n) is 4.02. The molecule has 2 N–H and O–H groups in total. The van der Waals surface area contributed by atoms with E-state index in [0.717, 1.165) is 18.5 Å². The largest absolute Gasteiger partial charge is 0.337 e. The van der Waals surface area contributed by atoms with Crippen LogP contribution in [-0.2, 0) is 0 Å². The fraction of sp³-hybridized carbons (Fsp3) is 0.417. The normalized spacial score (nSPS) is 12.6. The van der Waals surface area contributed by atoms with Crippen molar-refractivity contribution in [3.05, 3.63) is 29.8 Å². The van der Waals surface area contributed by atoms with Gasteiger partial charge in [-0.3, -0.25) is 0 Å². The van der Waals surface area contributed by atoms with Crippen LogP contribution < -0.4 is 5.73 Å². The maximum absolute atomic E-state index is 5.91. The van der Waals surface area contributed by atoms with Crippen molar-refractivity contribution >= 4 is 0 Å². The van der Waals surface area contributed by atoms with Crippen molar-refractivity contribution in [1.82, 2.24) is 15.1 Å². The quantitative estimate of drug-likeness (QED) is 0.874. The Morgan fingerprint density at radius 3 is 2.88 bits per heavy atom. The van der Waals surface area contributed by atoms with Gasteiger partial charge in [-0.25, -0.2) is 4.98 Å². The van der Waals surface area contributed by atoms with Crippen LogP contribution in [0.3, 0.4) is 0 Å². The van der Waals surface area contributed by atoms with Gasteiger partial charge in [0.15, 0.2) is 0 Å². The molecule has 2 aromatic heterocycles. The van der Waals surface area contributed by atoms with Gasteiger partial charge in [0.05, 0.1) is 6.04 Å². The van der Waals surface area contributed by atoms with Crippen LogP contribution in [0.25, 0.3) is 11.5 Å². The Hall–Kier alpha value is -1.75. The summed E-state index contributed by atoms with van der Waals surface area (Å²) in [5, 5.41) is 3.90. The van der Waals surface area contributed by atoms with Crippen molar-refractivity contribution < 1.29 is 4.52 Å². The molecule has 0 amide bonds. The average molecular weight is 232 g/mol. The van der Waals surface area contributed by atoms with Gasteiger partial charge in [0.25, 0.3) is 0 Å². The Balaban J connectivity index is 2.23. The van der Waals surface area contributed by atoms with E-state index in [1.165, 1.54) is 0 Å². The maximum atomic E-state index is 5.91. The van der Waals surface area contributed by atoms with Gasteiger partial charge in [-0.1, -0.05) is 24.6 Å². The molecule has 5 nitrogen and oxygen atoms in total. The third-order valence-electron chi connectivity index (χ3n) is 2.48. The highest BCUT2D eigenvalue weighted by molar-refractivity contribution is 5.48. The SMILES string of the molecule is CCC[C@@H](N)c1nc(-c2cccc(C)n2)no1. The molecule has 0 saturated heterocycles. The molecule has 0 fully saturated rings. The molecule has 17 heavy (non-hydrogen) atoms. The lowest BCUT2D eigenvalue weighted by Crippen LogP contribution is -2.09. The first-order valence-electron chi connectivity index (χ1n) is 5.74. The summed E-state index contributed by atoms with van der Waals surface area (Å²) >= 11 is 0. The fourth-order valence-electron chi connectivity index (χ4n) is 1.59. The molecule has 0 saturated carbocycles. The smallest absolute Gasteiger partial charge is 0.243 e. The van der Waals surface area contributed by atoms with Gasteiger partial charge in [0, 0.05) is 5.69 Å². The lowest BCUT2D eigenvalue weighted by molar-refractivity contribution is 0.348. The number of hydrogen-bond donors (Lipinski definition) is 1. The molecule has 0 aliphatic rings. The number of nitrogens with two attached hydrogens (primary N) is 1. The fourth-order valence-corrected chi connectivity index (χ4v) is 1.59. The van der Waals surface area contributed by atoms with E-state index in [9.17, 15) is 0 Å². The van der Waals surface area contributed by atoms with Gasteiger partial charge in [0.1, 0.15) is 5.69 Å². The summed E-state index contributed by atoms with van der Waals surface area (Å²) in [6.07, 6.45) is 1.82. The summed E-state index contributed by atoms with van der Waals surface area (Å²) in [4.78, 5) is 8.61. The van der Waals surface area contributed by atoms with Crippen LogP contribution in [0.1, 0.15) is 37.4 Å². The molecular formula is C12H16N4O. The van der Waals surface area contributed by atoms with E-state index in [0.29, 0.717) is 17.4 Å². The van der Waals surface area contributed by atoms with Crippen LogP contribution in [0.2, 0.25) is 0 Å². The molecular weight excluding hydrogens is 216 g/mol. The topological polar surface area (TPSA) is 77.8 Å². The highest BCUT2D eigenvalue weighted by Gasteiger charge is 2.15. The third kappa shape index (κ3) is 2.68. The molecule has 2 heterocycles. The minimum absolute atomic E-state index is 0.189. The summed E-state index contributed by atoms with van der Waals surface area (Å²) in [6.45, 7) is 3.99. The highest BCUT2D eigenvalue weighted by atomic mass is 16.5. The minimum Gasteiger partial charge on any atom is -0.337 e. The zero-order chi connectivity index (χ0) is 12.3. The van der Waals surface area contributed by atoms with E-state index in [1.54, 1.807) is 0 Å². The van der Waals surface area contributed by atoms with Crippen molar-refractivity contribution in [2.75, 3.05) is 0 Å². The Morgan fingerprint density at radius 2 is 2.18 bits per heavy atom. The Bertz CT molecular complexity index is 495. The van der Waals surface area contributed by atoms with Crippen LogP contribution in [-0.4, -0.2) is 15.1 Å². The van der Waals surface area contributed by atoms with E-state index < -0.39 is 0 Å². The number of nitrogens with zero attached hydrogens (tertiary/aromatic N) is 3. The van der Waals surface area contributed by atoms with E-state index in [1.807, 2.05) is 25.1 Å². The molecule has 2 rings (SSSR count). The van der Waals surface area contributed by atoms with Crippen LogP contribution >= 0.6 is 0 Å². The minimum atomic E-state index is -0.189. The van der Waals surface area contributed by atoms with E-state index in [2.05, 4.69) is 22.0 Å². The molecule has 0 unspecified atom stereocenters. The number of hydrogen-bond acceptors (Lipinski definition) is 5. The van der Waals surface area contributed by atoms with Crippen molar-refractivity contribution in [3.63, 3.8) is 0 Å². The van der Waals surface area contributed by atoms with Gasteiger partial charge in [0.2, 0.25) is 11.7 Å². The number of rotatable bonds is 4. The van der Waals surface area contributed by atoms with E-state index in [-0.39, 0.29) is 6.04 Å². The second kappa shape index (κ2) is 5.05. The maximum Gasteiger partial charge on any atom is 0.243 e. The second-order valence-corrected chi connectivity index (χ2v) is 4.02. The number of pyridine rings is 1. The number of aromatic nitrogens is 3. The first kappa shape index (κ1) is 11.7. The van der Waals surface area contributed by atoms with Crippen molar-refractivity contribution in [2.45, 2.75) is 32.7 Å². The van der Waals surface area contributed by atoms with Gasteiger partial charge in [-0.15, -0.1) is 0 Å². The Labute approximate surface area is 100 Å². The lowest BCUT2D eigenvalue weighted by Gasteiger charge is -2.02. The molecule has 1 atom stereocenters. The van der Waals surface area contributed by atoms with Crippen LogP contribution in [0.15, 0.2) is 22.7 Å². The molecule has 0 radical (unpaired) electrons. The summed E-state index contributed by atoms with van der Waals surface area (Å²) in [7, 11) is 0. The zero-order valence-electron chi connectivity index (χ0n) is 10.1. The summed E-state index contributed by atoms with van der Waals surface area (Å²) in [5.74, 6) is 0.973. The summed E-state index contributed by atoms with van der Waals surface area (Å²) in [6, 6.07) is 5.51. The molecule has 0 bridgehead atoms. The Morgan fingerprint density at radius 1 is 1.35 bits per heavy atom. The summed E-state index contributed by atoms with van der Waals surface area (Å²) < 4.78 is 5.15.